The summed E-state index contributed by atoms with van der Waals surface area (Å²) in [5, 5.41) is 0.290. The van der Waals surface area contributed by atoms with E-state index in [2.05, 4.69) is 15.0 Å². The quantitative estimate of drug-likeness (QED) is 0.754. The van der Waals surface area contributed by atoms with Crippen molar-refractivity contribution >= 4 is 23.2 Å². The smallest absolute Gasteiger partial charge is 0.419 e. The summed E-state index contributed by atoms with van der Waals surface area (Å²) in [6, 6.07) is 2.50. The van der Waals surface area contributed by atoms with Crippen LogP contribution in [0.25, 0.3) is 0 Å². The first-order chi connectivity index (χ1) is 12.3. The van der Waals surface area contributed by atoms with Gasteiger partial charge in [0.1, 0.15) is 16.8 Å². The summed E-state index contributed by atoms with van der Waals surface area (Å²) in [7, 11) is 1.45. The number of alkyl halides is 3. The fourth-order valence-corrected chi connectivity index (χ4v) is 3.02. The van der Waals surface area contributed by atoms with Crippen LogP contribution in [0.4, 0.5) is 24.8 Å². The molecule has 10 heteroatoms. The number of aromatic nitrogens is 3. The Morgan fingerprint density at radius 1 is 1.08 bits per heavy atom. The van der Waals surface area contributed by atoms with E-state index in [9.17, 15) is 13.2 Å². The Morgan fingerprint density at radius 3 is 2.27 bits per heavy atom. The van der Waals surface area contributed by atoms with Crippen LogP contribution in [0.1, 0.15) is 11.1 Å². The summed E-state index contributed by atoms with van der Waals surface area (Å²) >= 11 is 6.11. The molecule has 0 amide bonds. The van der Waals surface area contributed by atoms with Gasteiger partial charge >= 0.3 is 12.2 Å². The molecule has 140 valence electrons. The van der Waals surface area contributed by atoms with Gasteiger partial charge in [0.2, 0.25) is 0 Å². The van der Waals surface area contributed by atoms with Crippen LogP contribution in [0, 0.1) is 6.92 Å². The van der Waals surface area contributed by atoms with E-state index in [4.69, 9.17) is 16.3 Å². The van der Waals surface area contributed by atoms with Crippen molar-refractivity contribution in [1.82, 2.24) is 15.0 Å². The highest BCUT2D eigenvalue weighted by Crippen LogP contribution is 2.36. The summed E-state index contributed by atoms with van der Waals surface area (Å²) in [5.74, 6) is 0.577. The van der Waals surface area contributed by atoms with E-state index in [1.807, 2.05) is 4.90 Å². The van der Waals surface area contributed by atoms with Gasteiger partial charge in [-0.15, -0.1) is 0 Å². The Balaban J connectivity index is 1.80. The molecule has 2 aromatic heterocycles. The predicted molar refractivity (Wildman–Crippen MR) is 92.0 cm³/mol. The van der Waals surface area contributed by atoms with E-state index in [-0.39, 0.29) is 11.8 Å². The van der Waals surface area contributed by atoms with E-state index in [0.717, 1.165) is 6.07 Å². The second kappa shape index (κ2) is 7.14. The zero-order valence-corrected chi connectivity index (χ0v) is 15.0. The lowest BCUT2D eigenvalue weighted by Gasteiger charge is -2.37. The molecule has 0 N–H and O–H groups in total. The van der Waals surface area contributed by atoms with Crippen molar-refractivity contribution in [2.75, 3.05) is 43.1 Å². The molecule has 0 aromatic carbocycles. The number of hydrogen-bond acceptors (Lipinski definition) is 6. The topological polar surface area (TPSA) is 54.4 Å². The van der Waals surface area contributed by atoms with Gasteiger partial charge in [0, 0.05) is 37.9 Å². The van der Waals surface area contributed by atoms with Crippen molar-refractivity contribution in [2.45, 2.75) is 13.1 Å². The second-order valence-corrected chi connectivity index (χ2v) is 6.15. The third-order valence-corrected chi connectivity index (χ3v) is 4.56. The number of nitrogens with zero attached hydrogens (tertiary/aromatic N) is 5. The van der Waals surface area contributed by atoms with Crippen LogP contribution in [-0.2, 0) is 6.18 Å². The minimum atomic E-state index is -4.44. The first-order valence-electron chi connectivity index (χ1n) is 7.91. The molecular weight excluding hydrogens is 371 g/mol. The van der Waals surface area contributed by atoms with Gasteiger partial charge in [-0.05, 0) is 19.1 Å². The molecule has 0 bridgehead atoms. The average Bonchev–Trinajstić information content (AvgIpc) is 2.63. The number of methoxy groups -OCH3 is 1. The van der Waals surface area contributed by atoms with Crippen LogP contribution >= 0.6 is 11.6 Å². The molecule has 3 rings (SSSR count). The molecule has 0 aliphatic carbocycles. The van der Waals surface area contributed by atoms with Gasteiger partial charge in [-0.1, -0.05) is 11.6 Å². The van der Waals surface area contributed by atoms with Gasteiger partial charge in [0.05, 0.1) is 12.7 Å². The van der Waals surface area contributed by atoms with Crippen molar-refractivity contribution in [1.29, 1.82) is 0 Å². The highest BCUT2D eigenvalue weighted by atomic mass is 35.5. The van der Waals surface area contributed by atoms with Crippen LogP contribution in [0.5, 0.6) is 6.01 Å². The van der Waals surface area contributed by atoms with Crippen molar-refractivity contribution in [2.24, 2.45) is 0 Å². The summed E-state index contributed by atoms with van der Waals surface area (Å²) in [4.78, 5) is 15.9. The van der Waals surface area contributed by atoms with Crippen LogP contribution in [0.3, 0.4) is 0 Å². The Bertz CT molecular complexity index is 794. The summed E-state index contributed by atoms with van der Waals surface area (Å²) in [6.07, 6.45) is -3.07. The number of pyridine rings is 1. The van der Waals surface area contributed by atoms with E-state index in [1.54, 1.807) is 11.8 Å². The van der Waals surface area contributed by atoms with Crippen molar-refractivity contribution in [3.63, 3.8) is 0 Å². The first kappa shape index (κ1) is 18.5. The lowest BCUT2D eigenvalue weighted by atomic mass is 10.2. The van der Waals surface area contributed by atoms with Crippen molar-refractivity contribution in [3.05, 3.63) is 34.6 Å². The maximum absolute atomic E-state index is 13.2. The number of rotatable bonds is 3. The molecule has 0 atom stereocenters. The predicted octanol–water partition coefficient (Wildman–Crippen LogP) is 3.19. The molecule has 0 spiro atoms. The third-order valence-electron chi connectivity index (χ3n) is 4.19. The number of halogens is 4. The van der Waals surface area contributed by atoms with Gasteiger partial charge < -0.3 is 14.5 Å². The van der Waals surface area contributed by atoms with Gasteiger partial charge in [0.15, 0.2) is 0 Å². The Hall–Kier alpha value is -2.29. The van der Waals surface area contributed by atoms with Crippen LogP contribution in [-0.4, -0.2) is 48.2 Å². The largest absolute Gasteiger partial charge is 0.467 e. The summed E-state index contributed by atoms with van der Waals surface area (Å²) in [6.45, 7) is 3.51. The summed E-state index contributed by atoms with van der Waals surface area (Å²) in [5.41, 5.74) is -0.0221. The molecule has 2 aromatic rings. The maximum Gasteiger partial charge on any atom is 0.419 e. The molecule has 26 heavy (non-hydrogen) atoms. The number of piperazine rings is 1. The first-order valence-corrected chi connectivity index (χ1v) is 8.29. The van der Waals surface area contributed by atoms with Crippen LogP contribution < -0.4 is 14.5 Å². The summed E-state index contributed by atoms with van der Waals surface area (Å²) < 4.78 is 44.7. The normalized spacial score (nSPS) is 15.3. The van der Waals surface area contributed by atoms with Crippen LogP contribution in [0.2, 0.25) is 5.15 Å². The fourth-order valence-electron chi connectivity index (χ4n) is 2.86. The SMILES string of the molecule is COc1nc(Cl)c(C)c(N2CCN(c3ncccc3C(F)(F)F)CC2)n1. The molecular formula is C16H17ClF3N5O. The number of anilines is 2. The lowest BCUT2D eigenvalue weighted by Crippen LogP contribution is -2.48. The molecule has 1 fully saturated rings. The Morgan fingerprint density at radius 2 is 1.69 bits per heavy atom. The molecule has 0 saturated carbocycles. The van der Waals surface area contributed by atoms with E-state index in [1.165, 1.54) is 19.4 Å². The van der Waals surface area contributed by atoms with Crippen molar-refractivity contribution < 1.29 is 17.9 Å². The monoisotopic (exact) mass is 387 g/mol. The van der Waals surface area contributed by atoms with Crippen molar-refractivity contribution in [3.8, 4) is 6.01 Å². The van der Waals surface area contributed by atoms with Crippen LogP contribution in [0.15, 0.2) is 18.3 Å². The van der Waals surface area contributed by atoms with E-state index >= 15 is 0 Å². The highest BCUT2D eigenvalue weighted by Gasteiger charge is 2.36. The fraction of sp³-hybridized carbons (Fsp3) is 0.438. The maximum atomic E-state index is 13.2. The van der Waals surface area contributed by atoms with Gasteiger partial charge in [-0.25, -0.2) is 4.98 Å². The molecule has 1 aliphatic rings. The molecule has 0 radical (unpaired) electrons. The Labute approximate surface area is 153 Å². The minimum Gasteiger partial charge on any atom is -0.467 e. The molecule has 3 heterocycles. The number of hydrogen-bond donors (Lipinski definition) is 0. The molecule has 1 aliphatic heterocycles. The average molecular weight is 388 g/mol. The van der Waals surface area contributed by atoms with Gasteiger partial charge in [-0.3, -0.25) is 0 Å². The highest BCUT2D eigenvalue weighted by molar-refractivity contribution is 6.30. The molecule has 1 saturated heterocycles. The van der Waals surface area contributed by atoms with E-state index in [0.29, 0.717) is 42.7 Å². The third kappa shape index (κ3) is 3.62. The second-order valence-electron chi connectivity index (χ2n) is 5.80. The molecule has 0 unspecified atom stereocenters. The Kier molecular flexibility index (Phi) is 5.08. The molecule has 6 nitrogen and oxygen atoms in total. The minimum absolute atomic E-state index is 0.0466. The van der Waals surface area contributed by atoms with E-state index < -0.39 is 11.7 Å². The zero-order chi connectivity index (χ0) is 18.9. The lowest BCUT2D eigenvalue weighted by molar-refractivity contribution is -0.137. The van der Waals surface area contributed by atoms with Gasteiger partial charge in [-0.2, -0.15) is 23.1 Å². The standard InChI is InChI=1S/C16H17ClF3N5O/c1-10-12(17)22-15(26-2)23-13(10)24-6-8-25(9-7-24)14-11(16(18,19)20)4-3-5-21-14/h3-5H,6-9H2,1-2H3. The number of ether oxygens (including phenoxy) is 1. The zero-order valence-electron chi connectivity index (χ0n) is 14.2. The van der Waals surface area contributed by atoms with Gasteiger partial charge in [0.25, 0.3) is 0 Å².